The van der Waals surface area contributed by atoms with E-state index in [9.17, 15) is 4.79 Å². The smallest absolute Gasteiger partial charge is 0.221 e. The van der Waals surface area contributed by atoms with Crippen molar-refractivity contribution in [2.45, 2.75) is 18.8 Å². The number of ether oxygens (including phenoxy) is 2. The van der Waals surface area contributed by atoms with E-state index in [-0.39, 0.29) is 17.7 Å². The van der Waals surface area contributed by atoms with Gasteiger partial charge in [-0.3, -0.25) is 4.79 Å². The first kappa shape index (κ1) is 23.0. The van der Waals surface area contributed by atoms with Gasteiger partial charge in [-0.05, 0) is 55.3 Å². The molecule has 0 radical (unpaired) electrons. The summed E-state index contributed by atoms with van der Waals surface area (Å²) in [4.78, 5) is 19.9. The van der Waals surface area contributed by atoms with Crippen LogP contribution in [0.3, 0.4) is 0 Å². The monoisotopic (exact) mass is 464 g/mol. The Hall–Kier alpha value is -2.77. The van der Waals surface area contributed by atoms with Crippen LogP contribution in [0.15, 0.2) is 36.4 Å². The van der Waals surface area contributed by atoms with Gasteiger partial charge in [0.1, 0.15) is 5.75 Å². The molecule has 7 heteroatoms. The molecule has 0 bridgehead atoms. The van der Waals surface area contributed by atoms with Crippen molar-refractivity contribution in [3.8, 4) is 5.75 Å². The predicted molar refractivity (Wildman–Crippen MR) is 135 cm³/mol. The molecule has 3 aliphatic rings. The SMILES string of the molecule is COc1ccc(N2CCN(C)CC2)c2c1CCC(C(N)=O)C2c1ccc(N2CCOCC2)cc1. The molecule has 7 nitrogen and oxygen atoms in total. The van der Waals surface area contributed by atoms with Gasteiger partial charge in [-0.2, -0.15) is 0 Å². The molecule has 5 rings (SSSR count). The van der Waals surface area contributed by atoms with Gasteiger partial charge in [-0.15, -0.1) is 0 Å². The summed E-state index contributed by atoms with van der Waals surface area (Å²) in [7, 11) is 3.90. The topological polar surface area (TPSA) is 71.3 Å². The first-order valence-electron chi connectivity index (χ1n) is 12.4. The van der Waals surface area contributed by atoms with E-state index in [1.54, 1.807) is 7.11 Å². The van der Waals surface area contributed by atoms with Gasteiger partial charge < -0.3 is 29.9 Å². The number of nitrogens with zero attached hydrogens (tertiary/aromatic N) is 3. The fourth-order valence-electron chi connectivity index (χ4n) is 5.84. The third-order valence-corrected chi connectivity index (χ3v) is 7.77. The van der Waals surface area contributed by atoms with Crippen molar-refractivity contribution in [2.24, 2.45) is 11.7 Å². The lowest BCUT2D eigenvalue weighted by Gasteiger charge is -2.40. The number of anilines is 2. The number of hydrogen-bond acceptors (Lipinski definition) is 6. The summed E-state index contributed by atoms with van der Waals surface area (Å²) in [5.41, 5.74) is 12.0. The van der Waals surface area contributed by atoms with Crippen LogP contribution < -0.4 is 20.3 Å². The Morgan fingerprint density at radius 2 is 1.68 bits per heavy atom. The van der Waals surface area contributed by atoms with Crippen LogP contribution in [-0.4, -0.2) is 77.4 Å². The third kappa shape index (κ3) is 4.34. The molecule has 2 atom stereocenters. The molecule has 2 heterocycles. The maximum Gasteiger partial charge on any atom is 0.221 e. The van der Waals surface area contributed by atoms with E-state index in [4.69, 9.17) is 15.2 Å². The number of benzene rings is 2. The molecule has 1 amide bonds. The van der Waals surface area contributed by atoms with Crippen LogP contribution in [-0.2, 0) is 16.0 Å². The summed E-state index contributed by atoms with van der Waals surface area (Å²) >= 11 is 0. The minimum Gasteiger partial charge on any atom is -0.496 e. The zero-order valence-electron chi connectivity index (χ0n) is 20.3. The molecule has 1 aliphatic carbocycles. The quantitative estimate of drug-likeness (QED) is 0.733. The van der Waals surface area contributed by atoms with Crippen LogP contribution in [0.5, 0.6) is 5.75 Å². The number of piperazine rings is 1. The number of morpholine rings is 1. The lowest BCUT2D eigenvalue weighted by atomic mass is 9.70. The van der Waals surface area contributed by atoms with Gasteiger partial charge in [-0.1, -0.05) is 12.1 Å². The second-order valence-corrected chi connectivity index (χ2v) is 9.69. The molecule has 2 saturated heterocycles. The minimum absolute atomic E-state index is 0.0789. The number of fused-ring (bicyclic) bond motifs is 1. The van der Waals surface area contributed by atoms with Crippen molar-refractivity contribution >= 4 is 17.3 Å². The molecule has 0 saturated carbocycles. The molecular formula is C27H36N4O3. The first-order valence-corrected chi connectivity index (χ1v) is 12.4. The summed E-state index contributed by atoms with van der Waals surface area (Å²) in [5.74, 6) is 0.371. The molecule has 0 spiro atoms. The van der Waals surface area contributed by atoms with E-state index in [0.29, 0.717) is 0 Å². The Labute approximate surface area is 202 Å². The Morgan fingerprint density at radius 3 is 2.32 bits per heavy atom. The van der Waals surface area contributed by atoms with Gasteiger partial charge in [0.05, 0.1) is 20.3 Å². The highest BCUT2D eigenvalue weighted by Gasteiger charge is 2.38. The third-order valence-electron chi connectivity index (χ3n) is 7.77. The van der Waals surface area contributed by atoms with Crippen molar-refractivity contribution in [1.29, 1.82) is 0 Å². The van der Waals surface area contributed by atoms with E-state index in [1.807, 2.05) is 0 Å². The maximum absolute atomic E-state index is 12.7. The molecule has 2 unspecified atom stereocenters. The minimum atomic E-state index is -0.236. The van der Waals surface area contributed by atoms with E-state index in [0.717, 1.165) is 76.6 Å². The zero-order chi connectivity index (χ0) is 23.7. The number of amides is 1. The number of primary amides is 1. The van der Waals surface area contributed by atoms with Gasteiger partial charge in [0, 0.05) is 68.0 Å². The molecular weight excluding hydrogens is 428 g/mol. The predicted octanol–water partition coefficient (Wildman–Crippen LogP) is 2.46. The summed E-state index contributed by atoms with van der Waals surface area (Å²) in [5, 5.41) is 0. The van der Waals surface area contributed by atoms with Crippen molar-refractivity contribution in [1.82, 2.24) is 4.90 Å². The lowest BCUT2D eigenvalue weighted by molar-refractivity contribution is -0.122. The summed E-state index contributed by atoms with van der Waals surface area (Å²) in [6.45, 7) is 7.32. The van der Waals surface area contributed by atoms with Crippen LogP contribution in [0.1, 0.15) is 29.0 Å². The zero-order valence-corrected chi connectivity index (χ0v) is 20.3. The Balaban J connectivity index is 1.58. The van der Waals surface area contributed by atoms with Gasteiger partial charge >= 0.3 is 0 Å². The molecule has 0 aromatic heterocycles. The number of methoxy groups -OCH3 is 1. The lowest BCUT2D eigenvalue weighted by Crippen LogP contribution is -2.45. The van der Waals surface area contributed by atoms with Gasteiger partial charge in [0.25, 0.3) is 0 Å². The molecule has 2 N–H and O–H groups in total. The molecule has 182 valence electrons. The second-order valence-electron chi connectivity index (χ2n) is 9.69. The highest BCUT2D eigenvalue weighted by Crippen LogP contribution is 2.48. The number of carbonyl (C=O) groups is 1. The van der Waals surface area contributed by atoms with Crippen molar-refractivity contribution < 1.29 is 14.3 Å². The Kier molecular flexibility index (Phi) is 6.66. The highest BCUT2D eigenvalue weighted by molar-refractivity contribution is 5.81. The molecule has 2 aromatic carbocycles. The van der Waals surface area contributed by atoms with Crippen LogP contribution in [0.2, 0.25) is 0 Å². The Bertz CT molecular complexity index is 1010. The maximum atomic E-state index is 12.7. The first-order chi connectivity index (χ1) is 16.6. The average Bonchev–Trinajstić information content (AvgIpc) is 2.88. The van der Waals surface area contributed by atoms with E-state index >= 15 is 0 Å². The largest absolute Gasteiger partial charge is 0.496 e. The second kappa shape index (κ2) is 9.84. The summed E-state index contributed by atoms with van der Waals surface area (Å²) in [6, 6.07) is 13.0. The number of nitrogens with two attached hydrogens (primary N) is 1. The fourth-order valence-corrected chi connectivity index (χ4v) is 5.84. The standard InChI is InChI=1S/C27H36N4O3/c1-29-11-13-31(14-12-29)23-9-10-24(33-2)21-7-8-22(27(28)32)25(26(21)23)19-3-5-20(6-4-19)30-15-17-34-18-16-30/h3-6,9-10,22,25H,7-8,11-18H2,1-2H3,(H2,28,32). The van der Waals surface area contributed by atoms with Gasteiger partial charge in [0.15, 0.2) is 0 Å². The van der Waals surface area contributed by atoms with Crippen LogP contribution in [0.25, 0.3) is 0 Å². The van der Waals surface area contributed by atoms with E-state index in [1.165, 1.54) is 22.5 Å². The van der Waals surface area contributed by atoms with E-state index in [2.05, 4.69) is 58.1 Å². The normalized spacial score (nSPS) is 23.5. The highest BCUT2D eigenvalue weighted by atomic mass is 16.5. The number of likely N-dealkylation sites (N-methyl/N-ethyl adjacent to an activating group) is 1. The number of rotatable bonds is 5. The Morgan fingerprint density at radius 1 is 0.971 bits per heavy atom. The number of hydrogen-bond donors (Lipinski definition) is 1. The molecule has 2 fully saturated rings. The van der Waals surface area contributed by atoms with Crippen molar-refractivity contribution in [3.05, 3.63) is 53.1 Å². The van der Waals surface area contributed by atoms with Gasteiger partial charge in [-0.25, -0.2) is 0 Å². The van der Waals surface area contributed by atoms with Crippen molar-refractivity contribution in [2.75, 3.05) is 76.4 Å². The van der Waals surface area contributed by atoms with Crippen LogP contribution in [0, 0.1) is 5.92 Å². The summed E-state index contributed by atoms with van der Waals surface area (Å²) < 4.78 is 11.3. The number of carbonyl (C=O) groups excluding carboxylic acids is 1. The van der Waals surface area contributed by atoms with Gasteiger partial charge in [0.2, 0.25) is 5.91 Å². The fraction of sp³-hybridized carbons (Fsp3) is 0.519. The summed E-state index contributed by atoms with van der Waals surface area (Å²) in [6.07, 6.45) is 1.54. The van der Waals surface area contributed by atoms with E-state index < -0.39 is 0 Å². The molecule has 2 aromatic rings. The molecule has 2 aliphatic heterocycles. The molecule has 34 heavy (non-hydrogen) atoms. The average molecular weight is 465 g/mol. The van der Waals surface area contributed by atoms with Crippen LogP contribution >= 0.6 is 0 Å². The van der Waals surface area contributed by atoms with Crippen LogP contribution in [0.4, 0.5) is 11.4 Å². The van der Waals surface area contributed by atoms with Crippen molar-refractivity contribution in [3.63, 3.8) is 0 Å².